The van der Waals surface area contributed by atoms with Gasteiger partial charge in [-0.1, -0.05) is 13.8 Å². The molecule has 0 aromatic heterocycles. The van der Waals surface area contributed by atoms with Crippen molar-refractivity contribution in [2.24, 2.45) is 5.92 Å². The molecule has 1 N–H and O–H groups in total. The number of carboxylic acid groups (broad SMARTS) is 1. The van der Waals surface area contributed by atoms with Crippen molar-refractivity contribution in [3.8, 4) is 0 Å². The first-order valence-corrected chi connectivity index (χ1v) is 4.39. The van der Waals surface area contributed by atoms with Crippen molar-refractivity contribution in [3.05, 3.63) is 0 Å². The number of aliphatic carboxylic acids is 1. The van der Waals surface area contributed by atoms with Crippen LogP contribution in [0.25, 0.3) is 0 Å². The predicted octanol–water partition coefficient (Wildman–Crippen LogP) is 1.78. The molecule has 5 heteroatoms. The van der Waals surface area contributed by atoms with E-state index in [4.69, 9.17) is 16.7 Å². The first-order valence-electron chi connectivity index (χ1n) is 4.01. The maximum absolute atomic E-state index is 10.7. The van der Waals surface area contributed by atoms with Gasteiger partial charge in [-0.15, -0.1) is 0 Å². The zero-order valence-corrected chi connectivity index (χ0v) is 8.71. The zero-order valence-electron chi connectivity index (χ0n) is 7.95. The summed E-state index contributed by atoms with van der Waals surface area (Å²) in [5.41, 5.74) is 0. The standard InChI is InChI=1S/C8H14ClNO3/c1-5(2)4-6(7(11)12)10(3)8(9)13/h5-6H,4H2,1-3H3,(H,11,12). The maximum atomic E-state index is 10.7. The Bertz CT molecular complexity index is 206. The fraction of sp³-hybridized carbons (Fsp3) is 0.750. The van der Waals surface area contributed by atoms with Crippen LogP contribution in [0.4, 0.5) is 4.79 Å². The summed E-state index contributed by atoms with van der Waals surface area (Å²) in [6.07, 6.45) is 0.407. The molecule has 76 valence electrons. The van der Waals surface area contributed by atoms with Gasteiger partial charge in [0.25, 0.3) is 0 Å². The summed E-state index contributed by atoms with van der Waals surface area (Å²) in [4.78, 5) is 22.5. The van der Waals surface area contributed by atoms with Crippen LogP contribution in [0.3, 0.4) is 0 Å². The van der Waals surface area contributed by atoms with Crippen LogP contribution < -0.4 is 0 Å². The Balaban J connectivity index is 4.42. The van der Waals surface area contributed by atoms with E-state index in [1.54, 1.807) is 0 Å². The van der Waals surface area contributed by atoms with Gasteiger partial charge in [-0.3, -0.25) is 4.79 Å². The smallest absolute Gasteiger partial charge is 0.326 e. The molecule has 0 aromatic rings. The molecule has 0 heterocycles. The highest BCUT2D eigenvalue weighted by Gasteiger charge is 2.26. The lowest BCUT2D eigenvalue weighted by molar-refractivity contribution is -0.142. The van der Waals surface area contributed by atoms with Gasteiger partial charge in [0, 0.05) is 7.05 Å². The third-order valence-corrected chi connectivity index (χ3v) is 1.99. The Morgan fingerprint density at radius 2 is 1.92 bits per heavy atom. The van der Waals surface area contributed by atoms with Gasteiger partial charge in [-0.25, -0.2) is 4.79 Å². The third-order valence-electron chi connectivity index (χ3n) is 1.72. The number of likely N-dealkylation sites (N-methyl/N-ethyl adjacent to an activating group) is 1. The summed E-state index contributed by atoms with van der Waals surface area (Å²) in [5.74, 6) is -0.815. The minimum atomic E-state index is -1.02. The number of hydrogen-bond donors (Lipinski definition) is 1. The van der Waals surface area contributed by atoms with Crippen molar-refractivity contribution in [3.63, 3.8) is 0 Å². The molecule has 0 aliphatic heterocycles. The van der Waals surface area contributed by atoms with Gasteiger partial charge < -0.3 is 10.0 Å². The van der Waals surface area contributed by atoms with E-state index in [1.807, 2.05) is 13.8 Å². The van der Waals surface area contributed by atoms with Gasteiger partial charge in [-0.05, 0) is 23.9 Å². The van der Waals surface area contributed by atoms with Crippen LogP contribution >= 0.6 is 11.6 Å². The van der Waals surface area contributed by atoms with E-state index in [-0.39, 0.29) is 5.92 Å². The quantitative estimate of drug-likeness (QED) is 0.565. The summed E-state index contributed by atoms with van der Waals surface area (Å²) >= 11 is 5.17. The topological polar surface area (TPSA) is 57.6 Å². The van der Waals surface area contributed by atoms with Gasteiger partial charge in [0.1, 0.15) is 6.04 Å². The van der Waals surface area contributed by atoms with E-state index >= 15 is 0 Å². The summed E-state index contributed by atoms with van der Waals surface area (Å²) in [6.45, 7) is 3.78. The SMILES string of the molecule is CC(C)CC(C(=O)O)N(C)C(=O)Cl. The van der Waals surface area contributed by atoms with Crippen LogP contribution in [-0.2, 0) is 4.79 Å². The molecule has 0 saturated heterocycles. The van der Waals surface area contributed by atoms with Crippen LogP contribution in [0.1, 0.15) is 20.3 Å². The van der Waals surface area contributed by atoms with Crippen molar-refractivity contribution in [2.45, 2.75) is 26.3 Å². The summed E-state index contributed by atoms with van der Waals surface area (Å²) < 4.78 is 0. The van der Waals surface area contributed by atoms with Crippen LogP contribution in [0.5, 0.6) is 0 Å². The zero-order chi connectivity index (χ0) is 10.6. The Morgan fingerprint density at radius 1 is 1.46 bits per heavy atom. The first kappa shape index (κ1) is 12.2. The highest BCUT2D eigenvalue weighted by molar-refractivity contribution is 6.62. The Hall–Kier alpha value is -0.770. The van der Waals surface area contributed by atoms with Gasteiger partial charge in [-0.2, -0.15) is 0 Å². The second kappa shape index (κ2) is 5.07. The molecular weight excluding hydrogens is 194 g/mol. The van der Waals surface area contributed by atoms with Crippen LogP contribution in [0.15, 0.2) is 0 Å². The Kier molecular flexibility index (Phi) is 4.77. The largest absolute Gasteiger partial charge is 0.480 e. The molecule has 13 heavy (non-hydrogen) atoms. The van der Waals surface area contributed by atoms with Crippen LogP contribution in [0.2, 0.25) is 0 Å². The van der Waals surface area contributed by atoms with Crippen LogP contribution in [0, 0.1) is 5.92 Å². The third kappa shape index (κ3) is 4.12. The van der Waals surface area contributed by atoms with Crippen molar-refractivity contribution in [1.29, 1.82) is 0 Å². The number of carboxylic acids is 1. The molecule has 0 aliphatic rings. The predicted molar refractivity (Wildman–Crippen MR) is 49.9 cm³/mol. The molecule has 0 spiro atoms. The summed E-state index contributed by atoms with van der Waals surface area (Å²) in [5, 5.41) is 8.05. The molecule has 4 nitrogen and oxygen atoms in total. The molecule has 0 bridgehead atoms. The number of amides is 1. The molecule has 1 unspecified atom stereocenters. The monoisotopic (exact) mass is 207 g/mol. The number of carbonyl (C=O) groups excluding carboxylic acids is 1. The number of nitrogens with zero attached hydrogens (tertiary/aromatic N) is 1. The molecule has 0 fully saturated rings. The summed E-state index contributed by atoms with van der Waals surface area (Å²) in [7, 11) is 1.39. The van der Waals surface area contributed by atoms with Crippen molar-refractivity contribution >= 4 is 22.9 Å². The number of halogens is 1. The van der Waals surface area contributed by atoms with Crippen molar-refractivity contribution < 1.29 is 14.7 Å². The fourth-order valence-corrected chi connectivity index (χ4v) is 1.11. The molecule has 0 aromatic carbocycles. The van der Waals surface area contributed by atoms with Gasteiger partial charge >= 0.3 is 11.3 Å². The highest BCUT2D eigenvalue weighted by Crippen LogP contribution is 2.12. The molecule has 0 aliphatic carbocycles. The van der Waals surface area contributed by atoms with E-state index in [1.165, 1.54) is 7.05 Å². The lowest BCUT2D eigenvalue weighted by Gasteiger charge is -2.23. The fourth-order valence-electron chi connectivity index (χ4n) is 0.994. The molecule has 0 saturated carbocycles. The number of carbonyl (C=O) groups is 2. The maximum Gasteiger partial charge on any atom is 0.326 e. The van der Waals surface area contributed by atoms with Crippen molar-refractivity contribution in [1.82, 2.24) is 4.90 Å². The van der Waals surface area contributed by atoms with E-state index in [2.05, 4.69) is 0 Å². The molecule has 1 atom stereocenters. The molecule has 1 amide bonds. The van der Waals surface area contributed by atoms with Gasteiger partial charge in [0.2, 0.25) is 0 Å². The normalized spacial score (nSPS) is 12.7. The van der Waals surface area contributed by atoms with Gasteiger partial charge in [0.05, 0.1) is 0 Å². The van der Waals surface area contributed by atoms with E-state index in [9.17, 15) is 9.59 Å². The number of hydrogen-bond acceptors (Lipinski definition) is 2. The van der Waals surface area contributed by atoms with E-state index < -0.39 is 17.4 Å². The second-order valence-electron chi connectivity index (χ2n) is 3.35. The lowest BCUT2D eigenvalue weighted by atomic mass is 10.0. The first-order chi connectivity index (χ1) is 5.86. The second-order valence-corrected chi connectivity index (χ2v) is 3.67. The molecule has 0 radical (unpaired) electrons. The lowest BCUT2D eigenvalue weighted by Crippen LogP contribution is -2.40. The Labute approximate surface area is 82.5 Å². The Morgan fingerprint density at radius 3 is 2.15 bits per heavy atom. The molecule has 0 rings (SSSR count). The van der Waals surface area contributed by atoms with Gasteiger partial charge in [0.15, 0.2) is 0 Å². The minimum absolute atomic E-state index is 0.208. The summed E-state index contributed by atoms with van der Waals surface area (Å²) in [6, 6.07) is -0.829. The van der Waals surface area contributed by atoms with Crippen LogP contribution in [-0.4, -0.2) is 34.4 Å². The highest BCUT2D eigenvalue weighted by atomic mass is 35.5. The van der Waals surface area contributed by atoms with Crippen molar-refractivity contribution in [2.75, 3.05) is 7.05 Å². The average Bonchev–Trinajstić information content (AvgIpc) is 1.97. The molecular formula is C8H14ClNO3. The van der Waals surface area contributed by atoms with E-state index in [0.29, 0.717) is 6.42 Å². The minimum Gasteiger partial charge on any atom is -0.480 e. The average molecular weight is 208 g/mol. The number of rotatable bonds is 4. The van der Waals surface area contributed by atoms with E-state index in [0.717, 1.165) is 4.90 Å².